The molecule has 0 atom stereocenters. The van der Waals surface area contributed by atoms with Gasteiger partial charge in [-0.05, 0) is 12.1 Å². The first-order valence-electron chi connectivity index (χ1n) is 4.62. The smallest absolute Gasteiger partial charge is 0.305 e. The molecule has 0 saturated carbocycles. The number of anilines is 2. The van der Waals surface area contributed by atoms with Crippen LogP contribution in [0.1, 0.15) is 10.6 Å². The summed E-state index contributed by atoms with van der Waals surface area (Å²) in [5, 5.41) is 0. The summed E-state index contributed by atoms with van der Waals surface area (Å²) in [5.41, 5.74) is 9.64. The van der Waals surface area contributed by atoms with Gasteiger partial charge in [-0.2, -0.15) is 4.98 Å². The van der Waals surface area contributed by atoms with Gasteiger partial charge < -0.3 is 10.2 Å². The fourth-order valence-electron chi connectivity index (χ4n) is 1.13. The molecule has 1 amide bonds. The van der Waals surface area contributed by atoms with Crippen LogP contribution in [0.2, 0.25) is 0 Å². The first-order chi connectivity index (χ1) is 8.15. The number of hydrazine groups is 1. The SMILES string of the molecule is Nc1nc(NNC(=O)c2ccco2)cc(=O)[nH]1. The Balaban J connectivity index is 2.03. The van der Waals surface area contributed by atoms with Gasteiger partial charge in [0.1, 0.15) is 0 Å². The minimum Gasteiger partial charge on any atom is -0.459 e. The molecule has 0 spiro atoms. The van der Waals surface area contributed by atoms with Crippen molar-refractivity contribution in [3.63, 3.8) is 0 Å². The lowest BCUT2D eigenvalue weighted by molar-refractivity contribution is 0.0935. The predicted octanol–water partition coefficient (Wildman–Crippen LogP) is -0.298. The lowest BCUT2D eigenvalue weighted by Crippen LogP contribution is -2.30. The van der Waals surface area contributed by atoms with Crippen molar-refractivity contribution in [1.82, 2.24) is 15.4 Å². The molecule has 0 aliphatic rings. The third-order valence-electron chi connectivity index (χ3n) is 1.81. The van der Waals surface area contributed by atoms with Crippen LogP contribution >= 0.6 is 0 Å². The van der Waals surface area contributed by atoms with Crippen LogP contribution in [0.25, 0.3) is 0 Å². The molecule has 2 rings (SSSR count). The van der Waals surface area contributed by atoms with Gasteiger partial charge in [-0.15, -0.1) is 0 Å². The lowest BCUT2D eigenvalue weighted by Gasteiger charge is -2.05. The summed E-state index contributed by atoms with van der Waals surface area (Å²) >= 11 is 0. The summed E-state index contributed by atoms with van der Waals surface area (Å²) in [4.78, 5) is 28.5. The minimum atomic E-state index is -0.490. The molecule has 0 unspecified atom stereocenters. The van der Waals surface area contributed by atoms with Crippen molar-refractivity contribution in [2.24, 2.45) is 0 Å². The van der Waals surface area contributed by atoms with Gasteiger partial charge in [0.2, 0.25) is 5.95 Å². The van der Waals surface area contributed by atoms with Gasteiger partial charge >= 0.3 is 5.91 Å². The second kappa shape index (κ2) is 4.39. The maximum atomic E-state index is 11.4. The van der Waals surface area contributed by atoms with E-state index in [0.717, 1.165) is 6.07 Å². The molecule has 2 aromatic rings. The number of nitrogens with two attached hydrogens (primary N) is 1. The molecule has 0 fully saturated rings. The molecule has 8 nitrogen and oxygen atoms in total. The van der Waals surface area contributed by atoms with Crippen LogP contribution in [0, 0.1) is 0 Å². The Morgan fingerprint density at radius 2 is 2.35 bits per heavy atom. The minimum absolute atomic E-state index is 0.0488. The monoisotopic (exact) mass is 235 g/mol. The fraction of sp³-hybridized carbons (Fsp3) is 0. The van der Waals surface area contributed by atoms with E-state index in [4.69, 9.17) is 10.2 Å². The van der Waals surface area contributed by atoms with Gasteiger partial charge in [-0.3, -0.25) is 25.4 Å². The summed E-state index contributed by atoms with van der Waals surface area (Å²) in [7, 11) is 0. The zero-order chi connectivity index (χ0) is 12.3. The molecule has 88 valence electrons. The van der Waals surface area contributed by atoms with Crippen LogP contribution in [0.5, 0.6) is 0 Å². The van der Waals surface area contributed by atoms with E-state index in [1.54, 1.807) is 6.07 Å². The van der Waals surface area contributed by atoms with E-state index < -0.39 is 11.5 Å². The van der Waals surface area contributed by atoms with E-state index in [0.29, 0.717) is 0 Å². The third kappa shape index (κ3) is 2.62. The lowest BCUT2D eigenvalue weighted by atomic mass is 10.4. The van der Waals surface area contributed by atoms with Crippen molar-refractivity contribution in [3.05, 3.63) is 40.6 Å². The second-order valence-corrected chi connectivity index (χ2v) is 3.07. The van der Waals surface area contributed by atoms with Crippen LogP contribution in [-0.2, 0) is 0 Å². The number of rotatable bonds is 3. The van der Waals surface area contributed by atoms with Crippen molar-refractivity contribution in [3.8, 4) is 0 Å². The summed E-state index contributed by atoms with van der Waals surface area (Å²) in [6.07, 6.45) is 1.37. The summed E-state index contributed by atoms with van der Waals surface area (Å²) in [6.45, 7) is 0. The summed E-state index contributed by atoms with van der Waals surface area (Å²) in [6, 6.07) is 4.23. The number of aromatic amines is 1. The van der Waals surface area contributed by atoms with Crippen LogP contribution in [0.3, 0.4) is 0 Å². The van der Waals surface area contributed by atoms with Crippen LogP contribution < -0.4 is 22.1 Å². The first-order valence-corrected chi connectivity index (χ1v) is 4.62. The highest BCUT2D eigenvalue weighted by Gasteiger charge is 2.07. The highest BCUT2D eigenvalue weighted by Crippen LogP contribution is 2.01. The zero-order valence-corrected chi connectivity index (χ0v) is 8.56. The average molecular weight is 235 g/mol. The van der Waals surface area contributed by atoms with E-state index >= 15 is 0 Å². The Bertz CT molecular complexity index is 575. The number of carbonyl (C=O) groups is 1. The van der Waals surface area contributed by atoms with E-state index in [1.165, 1.54) is 12.3 Å². The molecule has 2 heterocycles. The summed E-state index contributed by atoms with van der Waals surface area (Å²) in [5.74, 6) is -0.274. The summed E-state index contributed by atoms with van der Waals surface area (Å²) < 4.78 is 4.87. The van der Waals surface area contributed by atoms with E-state index in [2.05, 4.69) is 20.8 Å². The molecule has 0 aliphatic heterocycles. The number of hydrogen-bond donors (Lipinski definition) is 4. The van der Waals surface area contributed by atoms with Gasteiger partial charge in [0.25, 0.3) is 5.56 Å². The average Bonchev–Trinajstić information content (AvgIpc) is 2.78. The number of nitrogens with one attached hydrogen (secondary N) is 3. The van der Waals surface area contributed by atoms with Crippen molar-refractivity contribution < 1.29 is 9.21 Å². The van der Waals surface area contributed by atoms with Gasteiger partial charge in [0.15, 0.2) is 11.6 Å². The largest absolute Gasteiger partial charge is 0.459 e. The molecule has 17 heavy (non-hydrogen) atoms. The molecule has 0 saturated heterocycles. The quantitative estimate of drug-likeness (QED) is 0.541. The normalized spacial score (nSPS) is 9.88. The molecule has 0 radical (unpaired) electrons. The van der Waals surface area contributed by atoms with Crippen molar-refractivity contribution in [2.75, 3.05) is 11.2 Å². The maximum absolute atomic E-state index is 11.4. The zero-order valence-electron chi connectivity index (χ0n) is 8.56. The number of hydrogen-bond acceptors (Lipinski definition) is 6. The standard InChI is InChI=1S/C9H9N5O3/c10-9-11-6(4-7(15)12-9)13-14-8(16)5-2-1-3-17-5/h1-4H,(H,14,16)(H4,10,11,12,13,15). The molecular weight excluding hydrogens is 226 g/mol. The fourth-order valence-corrected chi connectivity index (χ4v) is 1.13. The van der Waals surface area contributed by atoms with Crippen molar-refractivity contribution >= 4 is 17.7 Å². The maximum Gasteiger partial charge on any atom is 0.305 e. The second-order valence-electron chi connectivity index (χ2n) is 3.07. The number of nitrogens with zero attached hydrogens (tertiary/aromatic N) is 1. The van der Waals surface area contributed by atoms with Gasteiger partial charge in [0.05, 0.1) is 6.26 Å². The number of amides is 1. The van der Waals surface area contributed by atoms with Gasteiger partial charge in [-0.1, -0.05) is 0 Å². The van der Waals surface area contributed by atoms with Gasteiger partial charge in [0, 0.05) is 6.07 Å². The molecule has 5 N–H and O–H groups in total. The Morgan fingerprint density at radius 3 is 3.00 bits per heavy atom. The number of carbonyl (C=O) groups excluding carboxylic acids is 1. The molecule has 0 aliphatic carbocycles. The topological polar surface area (TPSA) is 126 Å². The van der Waals surface area contributed by atoms with Gasteiger partial charge in [-0.25, -0.2) is 0 Å². The predicted molar refractivity (Wildman–Crippen MR) is 59.1 cm³/mol. The highest BCUT2D eigenvalue weighted by atomic mass is 16.3. The Labute approximate surface area is 94.8 Å². The van der Waals surface area contributed by atoms with Crippen LogP contribution in [0.15, 0.2) is 33.7 Å². The molecule has 2 aromatic heterocycles. The molecule has 0 bridgehead atoms. The highest BCUT2D eigenvalue weighted by molar-refractivity contribution is 5.91. The molecule has 8 heteroatoms. The van der Waals surface area contributed by atoms with E-state index in [9.17, 15) is 9.59 Å². The Morgan fingerprint density at radius 1 is 1.53 bits per heavy atom. The first kappa shape index (κ1) is 10.7. The third-order valence-corrected chi connectivity index (χ3v) is 1.81. The number of nitrogen functional groups attached to an aromatic ring is 1. The number of furan rings is 1. The molecular formula is C9H9N5O3. The Hall–Kier alpha value is -2.77. The van der Waals surface area contributed by atoms with Crippen LogP contribution in [-0.4, -0.2) is 15.9 Å². The van der Waals surface area contributed by atoms with E-state index in [1.807, 2.05) is 0 Å². The van der Waals surface area contributed by atoms with Crippen LogP contribution in [0.4, 0.5) is 11.8 Å². The number of aromatic nitrogens is 2. The van der Waals surface area contributed by atoms with Crippen molar-refractivity contribution in [1.29, 1.82) is 0 Å². The number of H-pyrrole nitrogens is 1. The Kier molecular flexibility index (Phi) is 2.77. The van der Waals surface area contributed by atoms with Crippen molar-refractivity contribution in [2.45, 2.75) is 0 Å². The molecule has 0 aromatic carbocycles. The van der Waals surface area contributed by atoms with E-state index in [-0.39, 0.29) is 17.5 Å².